The molecule has 1 amide bonds. The first-order chi connectivity index (χ1) is 14.1. The van der Waals surface area contributed by atoms with E-state index in [1.54, 1.807) is 0 Å². The van der Waals surface area contributed by atoms with Gasteiger partial charge in [-0.05, 0) is 35.1 Å². The van der Waals surface area contributed by atoms with Crippen LogP contribution in [0.4, 0.5) is 4.79 Å². The second-order valence-electron chi connectivity index (χ2n) is 7.68. The van der Waals surface area contributed by atoms with Gasteiger partial charge in [0.15, 0.2) is 0 Å². The van der Waals surface area contributed by atoms with Crippen molar-refractivity contribution in [1.29, 1.82) is 0 Å². The third-order valence-electron chi connectivity index (χ3n) is 5.94. The van der Waals surface area contributed by atoms with E-state index in [4.69, 9.17) is 9.47 Å². The fraction of sp³-hybridized carbons (Fsp3) is 0.391. The molecule has 0 saturated carbocycles. The smallest absolute Gasteiger partial charge is 0.410 e. The van der Waals surface area contributed by atoms with Gasteiger partial charge >= 0.3 is 12.1 Å². The Labute approximate surface area is 170 Å². The van der Waals surface area contributed by atoms with Crippen LogP contribution < -0.4 is 0 Å². The molecule has 1 aliphatic heterocycles. The molecular formula is C23H25NO5. The molecule has 2 aromatic carbocycles. The van der Waals surface area contributed by atoms with Gasteiger partial charge in [-0.3, -0.25) is 4.90 Å². The quantitative estimate of drug-likeness (QED) is 0.835. The third kappa shape index (κ3) is 3.72. The SMILES string of the molecule is CN(C(=O)OCC1c2ccccc2-c2ccccc21)C(C(=O)O)C1CCCOC1. The minimum atomic E-state index is -1.03. The molecule has 4 rings (SSSR count). The number of carbonyl (C=O) groups is 2. The van der Waals surface area contributed by atoms with Crippen molar-refractivity contribution in [2.75, 3.05) is 26.9 Å². The van der Waals surface area contributed by atoms with Crippen molar-refractivity contribution in [2.45, 2.75) is 24.8 Å². The predicted octanol–water partition coefficient (Wildman–Crippen LogP) is 3.75. The van der Waals surface area contributed by atoms with Gasteiger partial charge in [0, 0.05) is 25.5 Å². The highest BCUT2D eigenvalue weighted by Gasteiger charge is 2.37. The van der Waals surface area contributed by atoms with Gasteiger partial charge in [0.25, 0.3) is 0 Å². The van der Waals surface area contributed by atoms with Gasteiger partial charge in [-0.25, -0.2) is 9.59 Å². The summed E-state index contributed by atoms with van der Waals surface area (Å²) in [6.07, 6.45) is 0.898. The van der Waals surface area contributed by atoms with Crippen molar-refractivity contribution in [2.24, 2.45) is 5.92 Å². The molecule has 152 valence electrons. The molecule has 0 bridgehead atoms. The van der Waals surface area contributed by atoms with Crippen LogP contribution in [0.1, 0.15) is 29.9 Å². The molecule has 2 aliphatic rings. The Bertz CT molecular complexity index is 860. The van der Waals surface area contributed by atoms with Gasteiger partial charge in [-0.2, -0.15) is 0 Å². The van der Waals surface area contributed by atoms with Gasteiger partial charge in [0.2, 0.25) is 0 Å². The standard InChI is InChI=1S/C23H25NO5/c1-24(21(22(25)26)15-7-6-12-28-13-15)23(27)29-14-20-18-10-4-2-8-16(18)17-9-3-5-11-19(17)20/h2-5,8-11,15,20-21H,6-7,12-14H2,1H3,(H,25,26). The van der Waals surface area contributed by atoms with E-state index in [0.29, 0.717) is 13.2 Å². The predicted molar refractivity (Wildman–Crippen MR) is 108 cm³/mol. The number of aliphatic carboxylic acids is 1. The molecule has 6 heteroatoms. The highest BCUT2D eigenvalue weighted by atomic mass is 16.6. The summed E-state index contributed by atoms with van der Waals surface area (Å²) in [6.45, 7) is 1.15. The molecule has 6 nitrogen and oxygen atoms in total. The van der Waals surface area contributed by atoms with Crippen LogP contribution in [0.25, 0.3) is 11.1 Å². The number of likely N-dealkylation sites (N-methyl/N-ethyl adjacent to an activating group) is 1. The second-order valence-corrected chi connectivity index (χ2v) is 7.68. The number of nitrogens with zero attached hydrogens (tertiary/aromatic N) is 1. The van der Waals surface area contributed by atoms with Crippen molar-refractivity contribution in [3.8, 4) is 11.1 Å². The van der Waals surface area contributed by atoms with Crippen molar-refractivity contribution in [1.82, 2.24) is 4.90 Å². The van der Waals surface area contributed by atoms with Crippen LogP contribution in [0.5, 0.6) is 0 Å². The maximum absolute atomic E-state index is 12.7. The molecular weight excluding hydrogens is 370 g/mol. The maximum Gasteiger partial charge on any atom is 0.410 e. The second kappa shape index (κ2) is 8.25. The minimum absolute atomic E-state index is 0.0546. The molecule has 1 fully saturated rings. The third-order valence-corrected chi connectivity index (χ3v) is 5.94. The van der Waals surface area contributed by atoms with Gasteiger partial charge < -0.3 is 14.6 Å². The van der Waals surface area contributed by atoms with Crippen molar-refractivity contribution in [3.05, 3.63) is 59.7 Å². The van der Waals surface area contributed by atoms with E-state index >= 15 is 0 Å². The number of carbonyl (C=O) groups excluding carboxylic acids is 1. The molecule has 1 heterocycles. The van der Waals surface area contributed by atoms with Gasteiger partial charge in [0.1, 0.15) is 12.6 Å². The van der Waals surface area contributed by atoms with E-state index in [9.17, 15) is 14.7 Å². The molecule has 1 aliphatic carbocycles. The normalized spacial score (nSPS) is 19.1. The zero-order valence-electron chi connectivity index (χ0n) is 16.4. The summed E-state index contributed by atoms with van der Waals surface area (Å²) in [6, 6.07) is 15.3. The average Bonchev–Trinajstić information content (AvgIpc) is 3.06. The number of carboxylic acid groups (broad SMARTS) is 1. The fourth-order valence-corrected chi connectivity index (χ4v) is 4.51. The summed E-state index contributed by atoms with van der Waals surface area (Å²) < 4.78 is 11.0. The van der Waals surface area contributed by atoms with Crippen LogP contribution >= 0.6 is 0 Å². The lowest BCUT2D eigenvalue weighted by atomic mass is 9.93. The zero-order valence-corrected chi connectivity index (χ0v) is 16.4. The number of carboxylic acids is 1. The van der Waals surface area contributed by atoms with Crippen LogP contribution in [0, 0.1) is 5.92 Å². The molecule has 2 aromatic rings. The topological polar surface area (TPSA) is 76.1 Å². The number of amides is 1. The molecule has 0 spiro atoms. The van der Waals surface area contributed by atoms with Gasteiger partial charge in [-0.1, -0.05) is 48.5 Å². The number of hydrogen-bond donors (Lipinski definition) is 1. The minimum Gasteiger partial charge on any atom is -0.480 e. The zero-order chi connectivity index (χ0) is 20.4. The lowest BCUT2D eigenvalue weighted by Crippen LogP contribution is -2.49. The first-order valence-electron chi connectivity index (χ1n) is 9.96. The van der Waals surface area contributed by atoms with Crippen molar-refractivity contribution in [3.63, 3.8) is 0 Å². The molecule has 0 radical (unpaired) electrons. The maximum atomic E-state index is 12.7. The fourth-order valence-electron chi connectivity index (χ4n) is 4.51. The Hall–Kier alpha value is -2.86. The van der Waals surface area contributed by atoms with E-state index in [1.165, 1.54) is 11.9 Å². The number of hydrogen-bond acceptors (Lipinski definition) is 4. The largest absolute Gasteiger partial charge is 0.480 e. The highest BCUT2D eigenvalue weighted by molar-refractivity contribution is 5.81. The summed E-state index contributed by atoms with van der Waals surface area (Å²) >= 11 is 0. The molecule has 0 aromatic heterocycles. The Morgan fingerprint density at radius 2 is 1.76 bits per heavy atom. The first kappa shape index (κ1) is 19.5. The van der Waals surface area contributed by atoms with Crippen LogP contribution in [0.15, 0.2) is 48.5 Å². The highest BCUT2D eigenvalue weighted by Crippen LogP contribution is 2.44. The Balaban J connectivity index is 1.48. The van der Waals surface area contributed by atoms with Crippen LogP contribution in [-0.4, -0.2) is 55.0 Å². The Morgan fingerprint density at radius 3 is 2.31 bits per heavy atom. The van der Waals surface area contributed by atoms with E-state index in [-0.39, 0.29) is 18.4 Å². The van der Waals surface area contributed by atoms with Crippen molar-refractivity contribution >= 4 is 12.1 Å². The van der Waals surface area contributed by atoms with E-state index < -0.39 is 18.1 Å². The number of ether oxygens (including phenoxy) is 2. The lowest BCUT2D eigenvalue weighted by molar-refractivity contribution is -0.146. The number of rotatable bonds is 5. The number of fused-ring (bicyclic) bond motifs is 3. The van der Waals surface area contributed by atoms with E-state index in [2.05, 4.69) is 24.3 Å². The molecule has 2 unspecified atom stereocenters. The Morgan fingerprint density at radius 1 is 1.14 bits per heavy atom. The summed E-state index contributed by atoms with van der Waals surface area (Å²) in [5.74, 6) is -1.32. The van der Waals surface area contributed by atoms with E-state index in [1.807, 2.05) is 24.3 Å². The summed E-state index contributed by atoms with van der Waals surface area (Å²) in [7, 11) is 1.49. The summed E-state index contributed by atoms with van der Waals surface area (Å²) in [5, 5.41) is 9.68. The summed E-state index contributed by atoms with van der Waals surface area (Å²) in [5.41, 5.74) is 4.56. The van der Waals surface area contributed by atoms with Crippen LogP contribution in [0.3, 0.4) is 0 Å². The van der Waals surface area contributed by atoms with E-state index in [0.717, 1.165) is 35.1 Å². The Kier molecular flexibility index (Phi) is 5.53. The average molecular weight is 395 g/mol. The van der Waals surface area contributed by atoms with Gasteiger partial charge in [0.05, 0.1) is 6.61 Å². The van der Waals surface area contributed by atoms with Gasteiger partial charge in [-0.15, -0.1) is 0 Å². The first-order valence-corrected chi connectivity index (χ1v) is 9.96. The van der Waals surface area contributed by atoms with Crippen LogP contribution in [-0.2, 0) is 14.3 Å². The monoisotopic (exact) mass is 395 g/mol. The molecule has 2 atom stereocenters. The van der Waals surface area contributed by atoms with Crippen LogP contribution in [0.2, 0.25) is 0 Å². The lowest BCUT2D eigenvalue weighted by Gasteiger charge is -2.33. The molecule has 1 saturated heterocycles. The number of benzene rings is 2. The molecule has 29 heavy (non-hydrogen) atoms. The summed E-state index contributed by atoms with van der Waals surface area (Å²) in [4.78, 5) is 25.7. The molecule has 1 N–H and O–H groups in total. The van der Waals surface area contributed by atoms with Crippen molar-refractivity contribution < 1.29 is 24.2 Å².